The van der Waals surface area contributed by atoms with Crippen molar-refractivity contribution in [3.63, 3.8) is 0 Å². The van der Waals surface area contributed by atoms with Crippen LogP contribution in [0.3, 0.4) is 0 Å². The minimum Gasteiger partial charge on any atom is -0.368 e. The van der Waals surface area contributed by atoms with E-state index in [0.717, 1.165) is 62.1 Å². The van der Waals surface area contributed by atoms with Crippen molar-refractivity contribution in [1.82, 2.24) is 4.90 Å². The van der Waals surface area contributed by atoms with Crippen LogP contribution in [0, 0.1) is 5.92 Å². The van der Waals surface area contributed by atoms with Gasteiger partial charge in [-0.05, 0) is 51.8 Å². The molecule has 0 amide bonds. The van der Waals surface area contributed by atoms with E-state index >= 15 is 0 Å². The molecule has 2 rings (SSSR count). The molecule has 0 saturated carbocycles. The summed E-state index contributed by atoms with van der Waals surface area (Å²) in [5.74, 6) is 0.756. The lowest BCUT2D eigenvalue weighted by Gasteiger charge is -2.35. The number of nitrogens with zero attached hydrogens (tertiary/aromatic N) is 2. The fourth-order valence-corrected chi connectivity index (χ4v) is 3.99. The molecule has 1 saturated heterocycles. The number of hydrogen-bond donors (Lipinski definition) is 0. The number of likely N-dealkylation sites (N-methyl/N-ethyl adjacent to an activating group) is 1. The predicted molar refractivity (Wildman–Crippen MR) is 155 cm³/mol. The Bertz CT molecular complexity index is 823. The van der Waals surface area contributed by atoms with Crippen molar-refractivity contribution in [2.24, 2.45) is 5.92 Å². The number of piperazine rings is 1. The van der Waals surface area contributed by atoms with Crippen LogP contribution in [0.2, 0.25) is 0 Å². The first kappa shape index (κ1) is 33.7. The Labute approximate surface area is 221 Å². The molecule has 1 aromatic rings. The summed E-state index contributed by atoms with van der Waals surface area (Å²) in [6.45, 7) is 21.8. The average Bonchev–Trinajstić information content (AvgIpc) is 2.87. The zero-order chi connectivity index (χ0) is 27.7. The van der Waals surface area contributed by atoms with E-state index < -0.39 is 0 Å². The molecule has 1 atom stereocenters. The summed E-state index contributed by atoms with van der Waals surface area (Å²) >= 11 is 0. The molecule has 0 aromatic heterocycles. The van der Waals surface area contributed by atoms with E-state index in [-0.39, 0.29) is 23.3 Å². The number of rotatable bonds is 12. The molecule has 0 radical (unpaired) electrons. The molecule has 1 heterocycles. The van der Waals surface area contributed by atoms with Crippen LogP contribution >= 0.6 is 0 Å². The quantitative estimate of drug-likeness (QED) is 0.283. The first-order valence-corrected chi connectivity index (χ1v) is 13.9. The number of allylic oxidation sites excluding steroid dienone is 1. The molecule has 1 fully saturated rings. The van der Waals surface area contributed by atoms with Gasteiger partial charge in [0.1, 0.15) is 11.6 Å². The topological polar surface area (TPSA) is 57.7 Å². The normalized spacial score (nSPS) is 14.1. The number of benzene rings is 1. The van der Waals surface area contributed by atoms with E-state index in [9.17, 15) is 14.4 Å². The van der Waals surface area contributed by atoms with Crippen LogP contribution in [0.4, 0.5) is 5.69 Å². The summed E-state index contributed by atoms with van der Waals surface area (Å²) < 4.78 is 0. The van der Waals surface area contributed by atoms with Crippen molar-refractivity contribution in [3.8, 4) is 0 Å². The fourth-order valence-electron chi connectivity index (χ4n) is 3.99. The standard InChI is InChI=1S/C19H28N2O.C10H18O2.C2H6/c1-5-6-10-18(22)16-8-7-9-17(19(16)15(2)3)21-13-11-20(4)12-14-21;1-4-5-10(12)7-6-8(2)9(3)11;1-2/h7-9H,2,5-6,10-14H2,1,3-4H3;8H,4-7H2,1-3H3;1-2H3. The van der Waals surface area contributed by atoms with Gasteiger partial charge >= 0.3 is 0 Å². The molecule has 1 aliphatic rings. The van der Waals surface area contributed by atoms with Crippen molar-refractivity contribution < 1.29 is 14.4 Å². The van der Waals surface area contributed by atoms with Gasteiger partial charge in [0.15, 0.2) is 5.78 Å². The van der Waals surface area contributed by atoms with Crippen LogP contribution in [0.5, 0.6) is 0 Å². The zero-order valence-corrected chi connectivity index (χ0v) is 24.4. The van der Waals surface area contributed by atoms with Gasteiger partial charge in [0, 0.05) is 68.2 Å². The number of hydrogen-bond acceptors (Lipinski definition) is 5. The van der Waals surface area contributed by atoms with Crippen LogP contribution in [0.25, 0.3) is 5.57 Å². The van der Waals surface area contributed by atoms with Gasteiger partial charge in [-0.3, -0.25) is 14.4 Å². The summed E-state index contributed by atoms with van der Waals surface area (Å²) in [5.41, 5.74) is 4.04. The number of unbranched alkanes of at least 4 members (excludes halogenated alkanes) is 1. The van der Waals surface area contributed by atoms with Crippen LogP contribution in [0.15, 0.2) is 24.8 Å². The lowest BCUT2D eigenvalue weighted by atomic mass is 9.94. The summed E-state index contributed by atoms with van der Waals surface area (Å²) in [6, 6.07) is 6.10. The maximum absolute atomic E-state index is 12.5. The maximum Gasteiger partial charge on any atom is 0.163 e. The smallest absolute Gasteiger partial charge is 0.163 e. The van der Waals surface area contributed by atoms with Crippen molar-refractivity contribution in [2.45, 2.75) is 93.4 Å². The molecule has 0 aliphatic carbocycles. The Hall–Kier alpha value is -2.27. The Morgan fingerprint density at radius 1 is 0.944 bits per heavy atom. The van der Waals surface area contributed by atoms with E-state index in [0.29, 0.717) is 25.7 Å². The highest BCUT2D eigenvalue weighted by Gasteiger charge is 2.21. The van der Waals surface area contributed by atoms with E-state index in [1.54, 1.807) is 6.92 Å². The zero-order valence-electron chi connectivity index (χ0n) is 24.4. The van der Waals surface area contributed by atoms with Gasteiger partial charge in [-0.1, -0.05) is 59.8 Å². The van der Waals surface area contributed by atoms with Crippen LogP contribution in [0.1, 0.15) is 109 Å². The van der Waals surface area contributed by atoms with E-state index in [2.05, 4.69) is 36.4 Å². The second-order valence-electron chi connectivity index (χ2n) is 9.64. The van der Waals surface area contributed by atoms with Crippen molar-refractivity contribution >= 4 is 28.6 Å². The molecule has 0 spiro atoms. The average molecular weight is 501 g/mol. The number of ketones is 3. The molecular formula is C31H52N2O3. The molecule has 1 unspecified atom stereocenters. The van der Waals surface area contributed by atoms with Gasteiger partial charge in [0.25, 0.3) is 0 Å². The summed E-state index contributed by atoms with van der Waals surface area (Å²) in [4.78, 5) is 39.1. The van der Waals surface area contributed by atoms with Crippen LogP contribution in [-0.2, 0) is 9.59 Å². The number of carbonyl (C=O) groups is 3. The largest absolute Gasteiger partial charge is 0.368 e. The second kappa shape index (κ2) is 18.9. The lowest BCUT2D eigenvalue weighted by molar-refractivity contribution is -0.121. The van der Waals surface area contributed by atoms with E-state index in [1.807, 2.05) is 46.8 Å². The Balaban J connectivity index is 0.000000746. The van der Waals surface area contributed by atoms with Gasteiger partial charge < -0.3 is 9.80 Å². The minimum atomic E-state index is 0.0470. The third-order valence-electron chi connectivity index (χ3n) is 6.45. The molecule has 5 nitrogen and oxygen atoms in total. The minimum absolute atomic E-state index is 0.0470. The first-order valence-electron chi connectivity index (χ1n) is 13.9. The van der Waals surface area contributed by atoms with Crippen molar-refractivity contribution in [2.75, 3.05) is 38.1 Å². The predicted octanol–water partition coefficient (Wildman–Crippen LogP) is 7.23. The Morgan fingerprint density at radius 3 is 2.06 bits per heavy atom. The van der Waals surface area contributed by atoms with Gasteiger partial charge in [-0.25, -0.2) is 0 Å². The SMILES string of the molecule is C=C(C)c1c(C(=O)CCCC)cccc1N1CCN(C)CC1.CC.CCCC(=O)CCC(C)C(C)=O. The molecule has 1 aromatic carbocycles. The fraction of sp³-hybridized carbons (Fsp3) is 0.645. The molecule has 0 bridgehead atoms. The third kappa shape index (κ3) is 12.1. The summed E-state index contributed by atoms with van der Waals surface area (Å²) in [7, 11) is 2.15. The highest BCUT2D eigenvalue weighted by atomic mass is 16.1. The number of Topliss-reactive ketones (excluding diaryl/α,β-unsaturated/α-hetero) is 3. The molecule has 0 N–H and O–H groups in total. The molecule has 5 heteroatoms. The van der Waals surface area contributed by atoms with Gasteiger partial charge in [-0.2, -0.15) is 0 Å². The monoisotopic (exact) mass is 500 g/mol. The molecule has 36 heavy (non-hydrogen) atoms. The maximum atomic E-state index is 12.5. The van der Waals surface area contributed by atoms with Gasteiger partial charge in [0.2, 0.25) is 0 Å². The highest BCUT2D eigenvalue weighted by molar-refractivity contribution is 6.02. The van der Waals surface area contributed by atoms with E-state index in [4.69, 9.17) is 0 Å². The van der Waals surface area contributed by atoms with Crippen LogP contribution < -0.4 is 4.90 Å². The van der Waals surface area contributed by atoms with Crippen molar-refractivity contribution in [1.29, 1.82) is 0 Å². The molecule has 204 valence electrons. The van der Waals surface area contributed by atoms with Gasteiger partial charge in [0.05, 0.1) is 0 Å². The lowest BCUT2D eigenvalue weighted by Crippen LogP contribution is -2.44. The van der Waals surface area contributed by atoms with Crippen molar-refractivity contribution in [3.05, 3.63) is 35.9 Å². The Kier molecular flexibility index (Phi) is 17.7. The summed E-state index contributed by atoms with van der Waals surface area (Å²) in [6.07, 6.45) is 5.48. The highest BCUT2D eigenvalue weighted by Crippen LogP contribution is 2.31. The first-order chi connectivity index (χ1) is 17.1. The van der Waals surface area contributed by atoms with Crippen LogP contribution in [-0.4, -0.2) is 55.5 Å². The summed E-state index contributed by atoms with van der Waals surface area (Å²) in [5, 5.41) is 0. The molecular weight excluding hydrogens is 448 g/mol. The third-order valence-corrected chi connectivity index (χ3v) is 6.45. The van der Waals surface area contributed by atoms with E-state index in [1.165, 1.54) is 5.69 Å². The Morgan fingerprint density at radius 2 is 1.56 bits per heavy atom. The van der Waals surface area contributed by atoms with Gasteiger partial charge in [-0.15, -0.1) is 0 Å². The number of carbonyl (C=O) groups excluding carboxylic acids is 3. The second-order valence-corrected chi connectivity index (χ2v) is 9.64. The number of anilines is 1. The molecule has 1 aliphatic heterocycles.